The van der Waals surface area contributed by atoms with Crippen LogP contribution in [0.3, 0.4) is 0 Å². The van der Waals surface area contributed by atoms with Crippen LogP contribution >= 0.6 is 11.3 Å². The number of thiazole rings is 1. The molecular formula is C17H27N7OS. The molecule has 0 aromatic carbocycles. The van der Waals surface area contributed by atoms with Crippen LogP contribution in [0, 0.1) is 13.8 Å². The van der Waals surface area contributed by atoms with E-state index < -0.39 is 0 Å². The van der Waals surface area contributed by atoms with Crippen LogP contribution in [0.5, 0.6) is 0 Å². The number of guanidine groups is 1. The second kappa shape index (κ2) is 8.59. The molecule has 1 aliphatic heterocycles. The summed E-state index contributed by atoms with van der Waals surface area (Å²) in [6.45, 7) is 8.86. The minimum Gasteiger partial charge on any atom is -0.377 e. The zero-order valence-corrected chi connectivity index (χ0v) is 16.7. The summed E-state index contributed by atoms with van der Waals surface area (Å²) in [7, 11) is 1.66. The summed E-state index contributed by atoms with van der Waals surface area (Å²) < 4.78 is 7.10. The van der Waals surface area contributed by atoms with Crippen LogP contribution in [-0.4, -0.2) is 45.4 Å². The van der Waals surface area contributed by atoms with Crippen LogP contribution < -0.4 is 10.6 Å². The molecule has 2 N–H and O–H groups in total. The van der Waals surface area contributed by atoms with Crippen molar-refractivity contribution in [2.24, 2.45) is 4.99 Å². The van der Waals surface area contributed by atoms with Gasteiger partial charge in [-0.25, -0.2) is 19.6 Å². The zero-order valence-electron chi connectivity index (χ0n) is 15.9. The normalized spacial score (nSPS) is 17.2. The molecule has 2 aromatic rings. The van der Waals surface area contributed by atoms with Gasteiger partial charge in [0.25, 0.3) is 0 Å². The third kappa shape index (κ3) is 4.59. The maximum Gasteiger partial charge on any atom is 0.191 e. The molecule has 1 atom stereocenters. The van der Waals surface area contributed by atoms with Gasteiger partial charge in [-0.05, 0) is 27.2 Å². The lowest BCUT2D eigenvalue weighted by atomic mass is 10.1. The van der Waals surface area contributed by atoms with Gasteiger partial charge in [-0.15, -0.1) is 11.3 Å². The largest absolute Gasteiger partial charge is 0.377 e. The fourth-order valence-electron chi connectivity index (χ4n) is 2.94. The minimum atomic E-state index is 0.275. The molecule has 3 heterocycles. The molecule has 26 heavy (non-hydrogen) atoms. The monoisotopic (exact) mass is 377 g/mol. The van der Waals surface area contributed by atoms with Gasteiger partial charge in [-0.1, -0.05) is 0 Å². The summed E-state index contributed by atoms with van der Waals surface area (Å²) in [4.78, 5) is 15.0. The van der Waals surface area contributed by atoms with Crippen molar-refractivity contribution in [2.75, 3.05) is 13.7 Å². The number of aromatic nitrogens is 4. The van der Waals surface area contributed by atoms with Crippen molar-refractivity contribution in [3.63, 3.8) is 0 Å². The van der Waals surface area contributed by atoms with E-state index in [-0.39, 0.29) is 6.04 Å². The highest BCUT2D eigenvalue weighted by Gasteiger charge is 2.22. The lowest BCUT2D eigenvalue weighted by Gasteiger charge is -2.25. The molecule has 9 heteroatoms. The molecule has 0 saturated carbocycles. The maximum atomic E-state index is 5.13. The van der Waals surface area contributed by atoms with Gasteiger partial charge in [0.15, 0.2) is 11.8 Å². The third-order valence-electron chi connectivity index (χ3n) is 4.31. The van der Waals surface area contributed by atoms with Gasteiger partial charge in [-0.2, -0.15) is 5.10 Å². The average molecular weight is 378 g/mol. The van der Waals surface area contributed by atoms with Gasteiger partial charge in [0.05, 0.1) is 18.8 Å². The van der Waals surface area contributed by atoms with Crippen molar-refractivity contribution in [3.8, 4) is 0 Å². The van der Waals surface area contributed by atoms with Crippen LogP contribution in [-0.2, 0) is 30.9 Å². The van der Waals surface area contributed by atoms with Crippen molar-refractivity contribution in [2.45, 2.75) is 59.4 Å². The highest BCUT2D eigenvalue weighted by Crippen LogP contribution is 2.17. The first kappa shape index (κ1) is 18.8. The molecule has 0 amide bonds. The SMILES string of the molecule is CCNC(=NCc1nc(C)c(C)s1)NC1CCc2nc(COC)nn2C1. The maximum absolute atomic E-state index is 5.13. The second-order valence-electron chi connectivity index (χ2n) is 6.38. The van der Waals surface area contributed by atoms with Crippen molar-refractivity contribution in [1.82, 2.24) is 30.4 Å². The molecule has 0 bridgehead atoms. The first-order valence-electron chi connectivity index (χ1n) is 8.98. The first-order valence-corrected chi connectivity index (χ1v) is 9.80. The molecule has 8 nitrogen and oxygen atoms in total. The summed E-state index contributed by atoms with van der Waals surface area (Å²) in [6.07, 6.45) is 1.91. The van der Waals surface area contributed by atoms with Crippen LogP contribution in [0.4, 0.5) is 0 Å². The predicted molar refractivity (Wildman–Crippen MR) is 102 cm³/mol. The smallest absolute Gasteiger partial charge is 0.191 e. The zero-order chi connectivity index (χ0) is 18.5. The minimum absolute atomic E-state index is 0.275. The van der Waals surface area contributed by atoms with E-state index >= 15 is 0 Å². The number of nitrogens with one attached hydrogen (secondary N) is 2. The second-order valence-corrected chi connectivity index (χ2v) is 7.67. The average Bonchev–Trinajstić information content (AvgIpc) is 3.15. The Hall–Kier alpha value is -2.00. The van der Waals surface area contributed by atoms with Crippen molar-refractivity contribution in [3.05, 3.63) is 27.2 Å². The van der Waals surface area contributed by atoms with Crippen LogP contribution in [0.1, 0.15) is 40.6 Å². The van der Waals surface area contributed by atoms with Crippen LogP contribution in [0.15, 0.2) is 4.99 Å². The van der Waals surface area contributed by atoms with Crippen molar-refractivity contribution < 1.29 is 4.74 Å². The predicted octanol–water partition coefficient (Wildman–Crippen LogP) is 1.57. The number of rotatable bonds is 6. The topological polar surface area (TPSA) is 89.2 Å². The number of ether oxygens (including phenoxy) is 1. The molecule has 0 aliphatic carbocycles. The van der Waals surface area contributed by atoms with Gasteiger partial charge in [0.2, 0.25) is 0 Å². The van der Waals surface area contributed by atoms with Gasteiger partial charge < -0.3 is 15.4 Å². The van der Waals surface area contributed by atoms with E-state index in [0.29, 0.717) is 13.2 Å². The van der Waals surface area contributed by atoms with Gasteiger partial charge in [-0.3, -0.25) is 0 Å². The Labute approximate surface area is 158 Å². The molecule has 0 saturated heterocycles. The molecule has 3 rings (SSSR count). The molecule has 1 unspecified atom stereocenters. The van der Waals surface area contributed by atoms with Crippen LogP contribution in [0.25, 0.3) is 0 Å². The van der Waals surface area contributed by atoms with Gasteiger partial charge in [0, 0.05) is 31.0 Å². The molecule has 0 radical (unpaired) electrons. The highest BCUT2D eigenvalue weighted by atomic mass is 32.1. The Morgan fingerprint density at radius 1 is 1.38 bits per heavy atom. The van der Waals surface area contributed by atoms with E-state index in [1.165, 1.54) is 4.88 Å². The number of nitrogens with zero attached hydrogens (tertiary/aromatic N) is 5. The Morgan fingerprint density at radius 2 is 2.23 bits per heavy atom. The number of methoxy groups -OCH3 is 1. The Morgan fingerprint density at radius 3 is 2.92 bits per heavy atom. The van der Waals surface area contributed by atoms with E-state index in [9.17, 15) is 0 Å². The Kier molecular flexibility index (Phi) is 6.20. The number of hydrogen-bond acceptors (Lipinski definition) is 6. The Balaban J connectivity index is 1.63. The van der Waals surface area contributed by atoms with E-state index in [1.54, 1.807) is 18.4 Å². The van der Waals surface area contributed by atoms with Gasteiger partial charge >= 0.3 is 0 Å². The molecule has 2 aromatic heterocycles. The first-order chi connectivity index (χ1) is 12.6. The Bertz CT molecular complexity index is 748. The van der Waals surface area contributed by atoms with E-state index in [1.807, 2.05) is 11.6 Å². The molecule has 0 spiro atoms. The molecule has 142 valence electrons. The molecule has 1 aliphatic rings. The number of hydrogen-bond donors (Lipinski definition) is 2. The standard InChI is InChI=1S/C17H27N7OS/c1-5-18-17(19-8-16-20-11(2)12(3)26-16)21-13-6-7-15-22-14(10-25-4)23-24(15)9-13/h13H,5-10H2,1-4H3,(H2,18,19,21). The quantitative estimate of drug-likeness (QED) is 0.587. The fourth-order valence-corrected chi connectivity index (χ4v) is 3.79. The van der Waals surface area contributed by atoms with Crippen LogP contribution in [0.2, 0.25) is 0 Å². The third-order valence-corrected chi connectivity index (χ3v) is 5.36. The summed E-state index contributed by atoms with van der Waals surface area (Å²) in [5, 5.41) is 12.4. The van der Waals surface area contributed by atoms with Crippen molar-refractivity contribution in [1.29, 1.82) is 0 Å². The molecular weight excluding hydrogens is 350 g/mol. The summed E-state index contributed by atoms with van der Waals surface area (Å²) >= 11 is 1.71. The lowest BCUT2D eigenvalue weighted by molar-refractivity contribution is 0.177. The molecule has 0 fully saturated rings. The van der Waals surface area contributed by atoms with E-state index in [0.717, 1.165) is 54.2 Å². The van der Waals surface area contributed by atoms with E-state index in [2.05, 4.69) is 39.5 Å². The van der Waals surface area contributed by atoms with E-state index in [4.69, 9.17) is 9.73 Å². The fraction of sp³-hybridized carbons (Fsp3) is 0.647. The highest BCUT2D eigenvalue weighted by molar-refractivity contribution is 7.11. The number of aryl methyl sites for hydroxylation is 3. The van der Waals surface area contributed by atoms with Gasteiger partial charge in [0.1, 0.15) is 17.4 Å². The number of fused-ring (bicyclic) bond motifs is 1. The summed E-state index contributed by atoms with van der Waals surface area (Å²) in [5.74, 6) is 2.60. The summed E-state index contributed by atoms with van der Waals surface area (Å²) in [5.41, 5.74) is 1.09. The van der Waals surface area contributed by atoms with Crippen molar-refractivity contribution >= 4 is 17.3 Å². The summed E-state index contributed by atoms with van der Waals surface area (Å²) in [6, 6.07) is 0.275. The lowest BCUT2D eigenvalue weighted by Crippen LogP contribution is -2.47. The number of aliphatic imine (C=N–C) groups is 1.